The van der Waals surface area contributed by atoms with Gasteiger partial charge in [0.25, 0.3) is 0 Å². The van der Waals surface area contributed by atoms with Crippen LogP contribution in [0.1, 0.15) is 5.56 Å². The lowest BCUT2D eigenvalue weighted by Crippen LogP contribution is -1.91. The normalized spacial score (nSPS) is 10.9. The molecule has 0 amide bonds. The quantitative estimate of drug-likeness (QED) is 0.477. The molecule has 1 aromatic heterocycles. The number of rotatable bonds is 5. The van der Waals surface area contributed by atoms with Gasteiger partial charge in [-0.2, -0.15) is 5.10 Å². The van der Waals surface area contributed by atoms with Gasteiger partial charge in [0.15, 0.2) is 0 Å². The zero-order valence-electron chi connectivity index (χ0n) is 12.7. The average Bonchev–Trinajstić information content (AvgIpc) is 3.07. The van der Waals surface area contributed by atoms with E-state index in [0.29, 0.717) is 9.60 Å². The topological polar surface area (TPSA) is 66.7 Å². The Bertz CT molecular complexity index is 880. The molecule has 0 aliphatic carbocycles. The maximum atomic E-state index is 9.48. The van der Waals surface area contributed by atoms with Crippen LogP contribution in [0, 0.1) is 0 Å². The Labute approximate surface area is 151 Å². The summed E-state index contributed by atoms with van der Waals surface area (Å²) in [5, 5.41) is 16.3. The van der Waals surface area contributed by atoms with Crippen LogP contribution in [0.2, 0.25) is 0 Å². The van der Waals surface area contributed by atoms with Gasteiger partial charge in [0, 0.05) is 10.9 Å². The van der Waals surface area contributed by atoms with E-state index in [1.165, 1.54) is 11.3 Å². The number of thiazole rings is 1. The summed E-state index contributed by atoms with van der Waals surface area (Å²) in [5.74, 6) is 0.980. The number of hydrogen-bond acceptors (Lipinski definition) is 6. The van der Waals surface area contributed by atoms with Crippen molar-refractivity contribution in [2.45, 2.75) is 0 Å². The van der Waals surface area contributed by atoms with Gasteiger partial charge in [0.1, 0.15) is 11.5 Å². The molecule has 0 aliphatic rings. The van der Waals surface area contributed by atoms with Gasteiger partial charge >= 0.3 is 0 Å². The maximum Gasteiger partial charge on any atom is 0.203 e. The van der Waals surface area contributed by atoms with E-state index < -0.39 is 0 Å². The van der Waals surface area contributed by atoms with E-state index in [9.17, 15) is 5.11 Å². The van der Waals surface area contributed by atoms with Gasteiger partial charge in [-0.25, -0.2) is 4.98 Å². The van der Waals surface area contributed by atoms with Crippen molar-refractivity contribution >= 4 is 38.6 Å². The minimum atomic E-state index is 0.196. The lowest BCUT2D eigenvalue weighted by molar-refractivity contribution is 0.416. The molecule has 0 saturated heterocycles. The third-order valence-corrected chi connectivity index (χ3v) is 4.61. The molecule has 24 heavy (non-hydrogen) atoms. The van der Waals surface area contributed by atoms with E-state index in [1.54, 1.807) is 31.5 Å². The number of anilines is 1. The number of aromatic hydroxyl groups is 1. The van der Waals surface area contributed by atoms with Gasteiger partial charge in [-0.3, -0.25) is 5.43 Å². The third-order valence-electron chi connectivity index (χ3n) is 3.23. The van der Waals surface area contributed by atoms with Gasteiger partial charge in [-0.15, -0.1) is 11.3 Å². The minimum absolute atomic E-state index is 0.196. The Kier molecular flexibility index (Phi) is 5.12. The van der Waals surface area contributed by atoms with Gasteiger partial charge in [-0.05, 0) is 51.8 Å². The van der Waals surface area contributed by atoms with E-state index >= 15 is 0 Å². The Balaban J connectivity index is 1.72. The minimum Gasteiger partial charge on any atom is -0.507 e. The molecule has 2 aromatic carbocycles. The third kappa shape index (κ3) is 3.74. The largest absolute Gasteiger partial charge is 0.507 e. The Hall–Kier alpha value is -2.38. The van der Waals surface area contributed by atoms with Crippen molar-refractivity contribution in [3.8, 4) is 22.8 Å². The lowest BCUT2D eigenvalue weighted by atomic mass is 10.1. The summed E-state index contributed by atoms with van der Waals surface area (Å²) >= 11 is 4.73. The summed E-state index contributed by atoms with van der Waals surface area (Å²) in [5.41, 5.74) is 5.54. The predicted molar refractivity (Wildman–Crippen MR) is 101 cm³/mol. The van der Waals surface area contributed by atoms with Gasteiger partial charge in [0.05, 0.1) is 23.5 Å². The molecule has 122 valence electrons. The van der Waals surface area contributed by atoms with Crippen molar-refractivity contribution in [1.29, 1.82) is 0 Å². The SMILES string of the molecule is COc1ccccc1-c1csc(N/N=C\c2ccc(O)c(Br)c2)n1. The fourth-order valence-corrected chi connectivity index (χ4v) is 3.13. The number of hydrogen-bond donors (Lipinski definition) is 2. The van der Waals surface area contributed by atoms with E-state index in [2.05, 4.69) is 31.4 Å². The number of nitrogens with one attached hydrogen (secondary N) is 1. The first-order chi connectivity index (χ1) is 11.7. The van der Waals surface area contributed by atoms with Crippen molar-refractivity contribution in [3.05, 3.63) is 57.9 Å². The molecule has 2 N–H and O–H groups in total. The van der Waals surface area contributed by atoms with Crippen LogP contribution in [0.15, 0.2) is 57.4 Å². The predicted octanol–water partition coefficient (Wildman–Crippen LogP) is 4.73. The van der Waals surface area contributed by atoms with E-state index in [0.717, 1.165) is 22.6 Å². The summed E-state index contributed by atoms with van der Waals surface area (Å²) < 4.78 is 5.98. The van der Waals surface area contributed by atoms with Gasteiger partial charge in [0.2, 0.25) is 5.13 Å². The molecule has 5 nitrogen and oxygen atoms in total. The summed E-state index contributed by atoms with van der Waals surface area (Å²) in [7, 11) is 1.64. The Morgan fingerprint density at radius 1 is 1.29 bits per heavy atom. The number of methoxy groups -OCH3 is 1. The molecule has 0 unspecified atom stereocenters. The van der Waals surface area contributed by atoms with Crippen LogP contribution in [0.3, 0.4) is 0 Å². The highest BCUT2D eigenvalue weighted by Crippen LogP contribution is 2.31. The second-order valence-electron chi connectivity index (χ2n) is 4.82. The second-order valence-corrected chi connectivity index (χ2v) is 6.53. The molecule has 3 rings (SSSR count). The number of nitrogens with zero attached hydrogens (tertiary/aromatic N) is 2. The van der Waals surface area contributed by atoms with Crippen LogP contribution in [-0.2, 0) is 0 Å². The number of para-hydroxylation sites is 1. The van der Waals surface area contributed by atoms with E-state index in [4.69, 9.17) is 4.74 Å². The molecule has 0 saturated carbocycles. The fraction of sp³-hybridized carbons (Fsp3) is 0.0588. The lowest BCUT2D eigenvalue weighted by Gasteiger charge is -2.04. The van der Waals surface area contributed by atoms with Crippen LogP contribution in [-0.4, -0.2) is 23.4 Å². The molecule has 0 atom stereocenters. The van der Waals surface area contributed by atoms with Gasteiger partial charge in [-0.1, -0.05) is 12.1 Å². The Morgan fingerprint density at radius 2 is 2.12 bits per heavy atom. The molecule has 0 spiro atoms. The van der Waals surface area contributed by atoms with Crippen molar-refractivity contribution in [3.63, 3.8) is 0 Å². The molecule has 0 radical (unpaired) electrons. The van der Waals surface area contributed by atoms with Gasteiger partial charge < -0.3 is 9.84 Å². The summed E-state index contributed by atoms with van der Waals surface area (Å²) in [6.45, 7) is 0. The summed E-state index contributed by atoms with van der Waals surface area (Å²) in [6.07, 6.45) is 1.66. The average molecular weight is 404 g/mol. The van der Waals surface area contributed by atoms with Crippen LogP contribution in [0.25, 0.3) is 11.3 Å². The van der Waals surface area contributed by atoms with Crippen LogP contribution >= 0.6 is 27.3 Å². The smallest absolute Gasteiger partial charge is 0.203 e. The molecule has 0 bridgehead atoms. The van der Waals surface area contributed by atoms with Crippen molar-refractivity contribution in [2.75, 3.05) is 12.5 Å². The molecule has 7 heteroatoms. The first-order valence-electron chi connectivity index (χ1n) is 7.04. The first kappa shape index (κ1) is 16.5. The number of phenols is 1. The standard InChI is InChI=1S/C17H14BrN3O2S/c1-23-16-5-3-2-4-12(16)14-10-24-17(20-14)21-19-9-11-6-7-15(22)13(18)8-11/h2-10,22H,1H3,(H,20,21)/b19-9-. The second kappa shape index (κ2) is 7.46. The summed E-state index contributed by atoms with van der Waals surface area (Å²) in [6, 6.07) is 12.9. The highest BCUT2D eigenvalue weighted by atomic mass is 79.9. The molecular weight excluding hydrogens is 390 g/mol. The number of hydrazone groups is 1. The highest BCUT2D eigenvalue weighted by molar-refractivity contribution is 9.10. The first-order valence-corrected chi connectivity index (χ1v) is 8.71. The van der Waals surface area contributed by atoms with E-state index in [-0.39, 0.29) is 5.75 Å². The van der Waals surface area contributed by atoms with Crippen molar-refractivity contribution < 1.29 is 9.84 Å². The van der Waals surface area contributed by atoms with Crippen LogP contribution in [0.5, 0.6) is 11.5 Å². The van der Waals surface area contributed by atoms with Crippen molar-refractivity contribution in [1.82, 2.24) is 4.98 Å². The molecule has 0 fully saturated rings. The molecule has 1 heterocycles. The summed E-state index contributed by atoms with van der Waals surface area (Å²) in [4.78, 5) is 4.52. The van der Waals surface area contributed by atoms with Crippen LogP contribution in [0.4, 0.5) is 5.13 Å². The molecule has 3 aromatic rings. The van der Waals surface area contributed by atoms with Crippen LogP contribution < -0.4 is 10.2 Å². The number of benzene rings is 2. The number of halogens is 1. The van der Waals surface area contributed by atoms with E-state index in [1.807, 2.05) is 29.6 Å². The van der Waals surface area contributed by atoms with Crippen molar-refractivity contribution in [2.24, 2.45) is 5.10 Å². The monoisotopic (exact) mass is 403 g/mol. The molecular formula is C17H14BrN3O2S. The number of aromatic nitrogens is 1. The fourth-order valence-electron chi connectivity index (χ4n) is 2.07. The number of ether oxygens (including phenoxy) is 1. The number of phenolic OH excluding ortho intramolecular Hbond substituents is 1. The maximum absolute atomic E-state index is 9.48. The zero-order valence-corrected chi connectivity index (χ0v) is 15.1. The Morgan fingerprint density at radius 3 is 2.92 bits per heavy atom. The zero-order chi connectivity index (χ0) is 16.9. The highest BCUT2D eigenvalue weighted by Gasteiger charge is 2.08. The molecule has 0 aliphatic heterocycles.